The lowest BCUT2D eigenvalue weighted by atomic mass is 9.99. The molecule has 0 spiro atoms. The standard InChI is InChI=1S/C15H20N4OS2.C13H16N4OS/c1-2-21-9-8-13-18-19-15(22-13)17-14(20)12(10-16)11-6-4-3-5-7-11;1-2-11-16-17-13(19-11)15-12(18)10(8-14)9-6-4-3-5-7-9/h3-7,12H,2,8-10,16H2,1H3,(H,17,19,20);3-7,10H,2,8,14H2,1H3,(H,15,17,18). The number of rotatable bonds is 13. The fourth-order valence-corrected chi connectivity index (χ4v) is 5.88. The van der Waals surface area contributed by atoms with Crippen LogP contribution in [0.4, 0.5) is 10.3 Å². The van der Waals surface area contributed by atoms with E-state index >= 15 is 0 Å². The predicted octanol–water partition coefficient (Wildman–Crippen LogP) is 4.30. The summed E-state index contributed by atoms with van der Waals surface area (Å²) in [5.41, 5.74) is 13.3. The van der Waals surface area contributed by atoms with Crippen molar-refractivity contribution in [2.45, 2.75) is 38.5 Å². The van der Waals surface area contributed by atoms with E-state index in [4.69, 9.17) is 11.5 Å². The Bertz CT molecular complexity index is 1330. The smallest absolute Gasteiger partial charge is 0.235 e. The van der Waals surface area contributed by atoms with Crippen molar-refractivity contribution >= 4 is 56.5 Å². The van der Waals surface area contributed by atoms with E-state index in [9.17, 15) is 9.59 Å². The zero-order valence-corrected chi connectivity index (χ0v) is 25.6. The minimum absolute atomic E-state index is 0.140. The maximum absolute atomic E-state index is 12.4. The monoisotopic (exact) mass is 612 g/mol. The molecule has 2 heterocycles. The minimum Gasteiger partial charge on any atom is -0.329 e. The number of hydrogen-bond donors (Lipinski definition) is 4. The fraction of sp³-hybridized carbons (Fsp3) is 0.357. The van der Waals surface area contributed by atoms with Gasteiger partial charge in [-0.3, -0.25) is 20.2 Å². The molecule has 218 valence electrons. The second-order valence-electron chi connectivity index (χ2n) is 8.68. The maximum atomic E-state index is 12.4. The number of aromatic nitrogens is 4. The lowest BCUT2D eigenvalue weighted by molar-refractivity contribution is -0.118. The molecule has 0 aliphatic carbocycles. The zero-order valence-electron chi connectivity index (χ0n) is 23.2. The average Bonchev–Trinajstić information content (AvgIpc) is 3.64. The summed E-state index contributed by atoms with van der Waals surface area (Å²) in [5.74, 6) is 1.10. The minimum atomic E-state index is -0.371. The number of anilines is 2. The number of nitrogens with zero attached hydrogens (tertiary/aromatic N) is 4. The summed E-state index contributed by atoms with van der Waals surface area (Å²) in [7, 11) is 0. The van der Waals surface area contributed by atoms with Crippen LogP contribution in [0.2, 0.25) is 0 Å². The predicted molar refractivity (Wildman–Crippen MR) is 170 cm³/mol. The van der Waals surface area contributed by atoms with Crippen molar-refractivity contribution in [2.24, 2.45) is 11.5 Å². The van der Waals surface area contributed by atoms with Crippen molar-refractivity contribution in [3.05, 3.63) is 81.8 Å². The van der Waals surface area contributed by atoms with Gasteiger partial charge in [0.2, 0.25) is 22.1 Å². The van der Waals surface area contributed by atoms with E-state index in [1.807, 2.05) is 79.3 Å². The molecule has 0 aliphatic heterocycles. The van der Waals surface area contributed by atoms with Gasteiger partial charge < -0.3 is 11.5 Å². The van der Waals surface area contributed by atoms with Crippen LogP contribution in [0, 0.1) is 0 Å². The molecule has 4 rings (SSSR count). The molecule has 4 aromatic rings. The summed E-state index contributed by atoms with van der Waals surface area (Å²) in [6.45, 7) is 4.65. The number of carbonyl (C=O) groups excluding carboxylic acids is 2. The first-order valence-electron chi connectivity index (χ1n) is 13.3. The maximum Gasteiger partial charge on any atom is 0.235 e. The highest BCUT2D eigenvalue weighted by Gasteiger charge is 2.21. The molecular weight excluding hydrogens is 577 g/mol. The molecule has 2 aromatic carbocycles. The molecule has 2 unspecified atom stereocenters. The van der Waals surface area contributed by atoms with Gasteiger partial charge >= 0.3 is 0 Å². The van der Waals surface area contributed by atoms with Crippen molar-refractivity contribution in [3.8, 4) is 0 Å². The highest BCUT2D eigenvalue weighted by atomic mass is 32.2. The molecule has 41 heavy (non-hydrogen) atoms. The van der Waals surface area contributed by atoms with Crippen molar-refractivity contribution < 1.29 is 9.59 Å². The molecule has 6 N–H and O–H groups in total. The third kappa shape index (κ3) is 10.3. The van der Waals surface area contributed by atoms with Crippen LogP contribution >= 0.6 is 34.4 Å². The Labute approximate surface area is 252 Å². The van der Waals surface area contributed by atoms with Gasteiger partial charge in [-0.25, -0.2) is 0 Å². The normalized spacial score (nSPS) is 12.1. The number of benzene rings is 2. The molecule has 0 radical (unpaired) electrons. The first-order valence-corrected chi connectivity index (χ1v) is 16.1. The summed E-state index contributed by atoms with van der Waals surface area (Å²) in [6, 6.07) is 19.0. The van der Waals surface area contributed by atoms with E-state index in [-0.39, 0.29) is 36.7 Å². The van der Waals surface area contributed by atoms with E-state index in [2.05, 4.69) is 38.0 Å². The molecule has 2 aromatic heterocycles. The average molecular weight is 613 g/mol. The Balaban J connectivity index is 0.000000228. The molecule has 0 saturated heterocycles. The highest BCUT2D eigenvalue weighted by molar-refractivity contribution is 7.99. The SMILES string of the molecule is CCSCCc1nnc(NC(=O)C(CN)c2ccccc2)s1.CCc1nnc(NC(=O)C(CN)c2ccccc2)s1. The van der Waals surface area contributed by atoms with Gasteiger partial charge in [0, 0.05) is 19.5 Å². The van der Waals surface area contributed by atoms with Gasteiger partial charge in [0.05, 0.1) is 11.8 Å². The van der Waals surface area contributed by atoms with Gasteiger partial charge in [0.15, 0.2) is 0 Å². The van der Waals surface area contributed by atoms with Crippen molar-refractivity contribution in [1.82, 2.24) is 20.4 Å². The van der Waals surface area contributed by atoms with E-state index in [0.29, 0.717) is 10.3 Å². The zero-order chi connectivity index (χ0) is 29.5. The summed E-state index contributed by atoms with van der Waals surface area (Å²) in [4.78, 5) is 24.5. The molecule has 0 fully saturated rings. The second kappa shape index (κ2) is 17.6. The van der Waals surface area contributed by atoms with Crippen LogP contribution in [0.1, 0.15) is 46.8 Å². The largest absolute Gasteiger partial charge is 0.329 e. The summed E-state index contributed by atoms with van der Waals surface area (Å²) < 4.78 is 0. The van der Waals surface area contributed by atoms with Crippen LogP contribution < -0.4 is 22.1 Å². The second-order valence-corrected chi connectivity index (χ2v) is 12.2. The van der Waals surface area contributed by atoms with Crippen molar-refractivity contribution in [1.29, 1.82) is 0 Å². The van der Waals surface area contributed by atoms with Crippen LogP contribution in [-0.2, 0) is 22.4 Å². The van der Waals surface area contributed by atoms with E-state index in [1.54, 1.807) is 0 Å². The first-order chi connectivity index (χ1) is 20.0. The Morgan fingerprint density at radius 1 is 0.756 bits per heavy atom. The van der Waals surface area contributed by atoms with Gasteiger partial charge in [0.25, 0.3) is 0 Å². The van der Waals surface area contributed by atoms with Gasteiger partial charge in [-0.1, -0.05) is 97.2 Å². The molecule has 0 aliphatic rings. The van der Waals surface area contributed by atoms with Crippen LogP contribution in [0.25, 0.3) is 0 Å². The molecule has 13 heteroatoms. The molecular formula is C28H36N8O2S3. The summed E-state index contributed by atoms with van der Waals surface area (Å²) in [5, 5.41) is 24.5. The number of nitrogens with two attached hydrogens (primary N) is 2. The Morgan fingerprint density at radius 3 is 1.63 bits per heavy atom. The van der Waals surface area contributed by atoms with Crippen LogP contribution in [0.5, 0.6) is 0 Å². The number of carbonyl (C=O) groups is 2. The summed E-state index contributed by atoms with van der Waals surface area (Å²) in [6.07, 6.45) is 1.69. The lowest BCUT2D eigenvalue weighted by Crippen LogP contribution is -2.27. The highest BCUT2D eigenvalue weighted by Crippen LogP contribution is 2.22. The number of amides is 2. The molecule has 2 amide bonds. The number of thioether (sulfide) groups is 1. The van der Waals surface area contributed by atoms with Gasteiger partial charge in [0.1, 0.15) is 10.0 Å². The summed E-state index contributed by atoms with van der Waals surface area (Å²) >= 11 is 4.68. The van der Waals surface area contributed by atoms with Gasteiger partial charge in [-0.15, -0.1) is 20.4 Å². The van der Waals surface area contributed by atoms with E-state index in [0.717, 1.165) is 45.5 Å². The third-order valence-corrected chi connectivity index (χ3v) is 8.65. The number of hydrogen-bond acceptors (Lipinski definition) is 11. The fourth-order valence-electron chi connectivity index (χ4n) is 3.70. The van der Waals surface area contributed by atoms with Crippen LogP contribution in [0.3, 0.4) is 0 Å². The molecule has 2 atom stereocenters. The Hall–Kier alpha value is -3.23. The molecule has 0 saturated carbocycles. The third-order valence-electron chi connectivity index (χ3n) is 5.87. The van der Waals surface area contributed by atoms with E-state index < -0.39 is 0 Å². The van der Waals surface area contributed by atoms with Crippen molar-refractivity contribution in [3.63, 3.8) is 0 Å². The topological polar surface area (TPSA) is 162 Å². The van der Waals surface area contributed by atoms with E-state index in [1.165, 1.54) is 22.7 Å². The van der Waals surface area contributed by atoms with Crippen LogP contribution in [0.15, 0.2) is 60.7 Å². The van der Waals surface area contributed by atoms with Gasteiger partial charge in [-0.2, -0.15) is 11.8 Å². The number of nitrogens with one attached hydrogen (secondary N) is 2. The van der Waals surface area contributed by atoms with Crippen molar-refractivity contribution in [2.75, 3.05) is 35.2 Å². The number of aryl methyl sites for hydroxylation is 2. The molecule has 0 bridgehead atoms. The Morgan fingerprint density at radius 2 is 1.22 bits per heavy atom. The quantitative estimate of drug-likeness (QED) is 0.161. The molecule has 10 nitrogen and oxygen atoms in total. The first kappa shape index (κ1) is 32.3. The lowest BCUT2D eigenvalue weighted by Gasteiger charge is -2.13. The Kier molecular flexibility index (Phi) is 13.8. The van der Waals surface area contributed by atoms with Crippen LogP contribution in [-0.4, -0.2) is 56.8 Å². The van der Waals surface area contributed by atoms with Gasteiger partial charge in [-0.05, 0) is 29.1 Å².